The lowest BCUT2D eigenvalue weighted by molar-refractivity contribution is 0.0854. The second-order valence-electron chi connectivity index (χ2n) is 5.53. The van der Waals surface area contributed by atoms with E-state index in [2.05, 4.69) is 5.32 Å². The largest absolute Gasteiger partial charge is 0.392 e. The Morgan fingerprint density at radius 1 is 1.00 bits per heavy atom. The Hall–Kier alpha value is -0.130. The van der Waals surface area contributed by atoms with Crippen molar-refractivity contribution in [1.29, 1.82) is 0 Å². The van der Waals surface area contributed by atoms with E-state index in [1.807, 2.05) is 0 Å². The molecule has 17 heavy (non-hydrogen) atoms. The van der Waals surface area contributed by atoms with Crippen LogP contribution in [0, 0.1) is 0 Å². The van der Waals surface area contributed by atoms with E-state index in [1.165, 1.54) is 6.26 Å². The zero-order chi connectivity index (χ0) is 12.5. The lowest BCUT2D eigenvalue weighted by Gasteiger charge is -2.32. The number of rotatable bonds is 3. The molecule has 2 aliphatic carbocycles. The van der Waals surface area contributed by atoms with Gasteiger partial charge < -0.3 is 10.4 Å². The van der Waals surface area contributed by atoms with Crippen LogP contribution in [-0.2, 0) is 9.84 Å². The molecular weight excluding hydrogens is 238 g/mol. The minimum atomic E-state index is -2.96. The van der Waals surface area contributed by atoms with Gasteiger partial charge in [0.05, 0.1) is 11.4 Å². The van der Waals surface area contributed by atoms with Crippen molar-refractivity contribution in [1.82, 2.24) is 5.32 Å². The highest BCUT2D eigenvalue weighted by Gasteiger charge is 2.37. The Balaban J connectivity index is 1.98. The summed E-state index contributed by atoms with van der Waals surface area (Å²) in [5.41, 5.74) is 0. The summed E-state index contributed by atoms with van der Waals surface area (Å²) in [5, 5.41) is 13.0. The van der Waals surface area contributed by atoms with Crippen LogP contribution < -0.4 is 5.32 Å². The second-order valence-corrected chi connectivity index (χ2v) is 7.79. The summed E-state index contributed by atoms with van der Waals surface area (Å²) in [7, 11) is -2.96. The monoisotopic (exact) mass is 261 g/mol. The van der Waals surface area contributed by atoms with E-state index in [1.54, 1.807) is 0 Å². The van der Waals surface area contributed by atoms with Gasteiger partial charge in [-0.2, -0.15) is 0 Å². The predicted octanol–water partition coefficient (Wildman–Crippen LogP) is 0.845. The average Bonchev–Trinajstić information content (AvgIpc) is 2.69. The minimum Gasteiger partial charge on any atom is -0.392 e. The van der Waals surface area contributed by atoms with E-state index >= 15 is 0 Å². The molecule has 4 unspecified atom stereocenters. The van der Waals surface area contributed by atoms with Crippen molar-refractivity contribution in [2.75, 3.05) is 6.26 Å². The van der Waals surface area contributed by atoms with Crippen LogP contribution in [0.3, 0.4) is 0 Å². The number of sulfone groups is 1. The summed E-state index contributed by atoms with van der Waals surface area (Å²) in [6.45, 7) is 0. The fraction of sp³-hybridized carbons (Fsp3) is 1.00. The van der Waals surface area contributed by atoms with Crippen molar-refractivity contribution in [3.05, 3.63) is 0 Å². The van der Waals surface area contributed by atoms with E-state index in [0.717, 1.165) is 44.9 Å². The highest BCUT2D eigenvalue weighted by atomic mass is 32.2. The van der Waals surface area contributed by atoms with Gasteiger partial charge in [-0.05, 0) is 25.7 Å². The van der Waals surface area contributed by atoms with Crippen LogP contribution in [0.4, 0.5) is 0 Å². The normalized spacial score (nSPS) is 39.4. The Bertz CT molecular complexity index is 355. The molecule has 4 atom stereocenters. The van der Waals surface area contributed by atoms with Crippen molar-refractivity contribution in [3.63, 3.8) is 0 Å². The molecule has 0 amide bonds. The molecule has 4 nitrogen and oxygen atoms in total. The third-order valence-electron chi connectivity index (χ3n) is 4.16. The molecule has 2 saturated carbocycles. The first-order valence-electron chi connectivity index (χ1n) is 6.61. The Morgan fingerprint density at radius 3 is 2.29 bits per heavy atom. The molecule has 2 aliphatic rings. The van der Waals surface area contributed by atoms with E-state index in [-0.39, 0.29) is 23.4 Å². The average molecular weight is 261 g/mol. The Morgan fingerprint density at radius 2 is 1.65 bits per heavy atom. The second kappa shape index (κ2) is 5.24. The molecule has 0 saturated heterocycles. The Kier molecular flexibility index (Phi) is 4.10. The molecule has 0 spiro atoms. The van der Waals surface area contributed by atoms with Gasteiger partial charge in [-0.25, -0.2) is 8.42 Å². The van der Waals surface area contributed by atoms with Gasteiger partial charge in [0.2, 0.25) is 0 Å². The standard InChI is InChI=1S/C12H23NO3S/c1-17(15,16)12-8-4-6-10(12)13-9-5-2-3-7-11(9)14/h9-14H,2-8H2,1H3. The third-order valence-corrected chi connectivity index (χ3v) is 5.82. The zero-order valence-electron chi connectivity index (χ0n) is 10.4. The Labute approximate surface area is 104 Å². The van der Waals surface area contributed by atoms with Crippen molar-refractivity contribution >= 4 is 9.84 Å². The molecule has 2 N–H and O–H groups in total. The molecule has 0 bridgehead atoms. The van der Waals surface area contributed by atoms with Crippen molar-refractivity contribution in [2.24, 2.45) is 0 Å². The summed E-state index contributed by atoms with van der Waals surface area (Å²) < 4.78 is 23.3. The predicted molar refractivity (Wildman–Crippen MR) is 67.7 cm³/mol. The number of hydrogen-bond acceptors (Lipinski definition) is 4. The van der Waals surface area contributed by atoms with Crippen LogP contribution in [0.5, 0.6) is 0 Å². The van der Waals surface area contributed by atoms with Crippen LogP contribution in [0.25, 0.3) is 0 Å². The van der Waals surface area contributed by atoms with Crippen molar-refractivity contribution in [3.8, 4) is 0 Å². The van der Waals surface area contributed by atoms with Crippen LogP contribution >= 0.6 is 0 Å². The number of aliphatic hydroxyl groups is 1. The summed E-state index contributed by atoms with van der Waals surface area (Å²) in [6, 6.07) is 0.138. The summed E-state index contributed by atoms with van der Waals surface area (Å²) in [5.74, 6) is 0. The fourth-order valence-corrected chi connectivity index (χ4v) is 4.62. The quantitative estimate of drug-likeness (QED) is 0.790. The maximum Gasteiger partial charge on any atom is 0.151 e. The van der Waals surface area contributed by atoms with Gasteiger partial charge in [0, 0.05) is 18.3 Å². The first kappa shape index (κ1) is 13.3. The highest BCUT2D eigenvalue weighted by molar-refractivity contribution is 7.91. The van der Waals surface area contributed by atoms with Gasteiger partial charge in [-0.1, -0.05) is 19.3 Å². The van der Waals surface area contributed by atoms with Gasteiger partial charge >= 0.3 is 0 Å². The number of hydrogen-bond donors (Lipinski definition) is 2. The highest BCUT2D eigenvalue weighted by Crippen LogP contribution is 2.27. The summed E-state index contributed by atoms with van der Waals surface area (Å²) >= 11 is 0. The molecule has 0 aromatic carbocycles. The van der Waals surface area contributed by atoms with Crippen molar-refractivity contribution < 1.29 is 13.5 Å². The van der Waals surface area contributed by atoms with Crippen LogP contribution in [0.2, 0.25) is 0 Å². The SMILES string of the molecule is CS(=O)(=O)C1CCCC1NC1CCCCC1O. The third kappa shape index (κ3) is 3.20. The number of nitrogens with one attached hydrogen (secondary N) is 1. The smallest absolute Gasteiger partial charge is 0.151 e. The summed E-state index contributed by atoms with van der Waals surface area (Å²) in [6.07, 6.45) is 7.70. The van der Waals surface area contributed by atoms with Crippen LogP contribution in [-0.4, -0.2) is 43.2 Å². The summed E-state index contributed by atoms with van der Waals surface area (Å²) in [4.78, 5) is 0. The molecule has 2 rings (SSSR count). The van der Waals surface area contributed by atoms with E-state index in [4.69, 9.17) is 0 Å². The van der Waals surface area contributed by atoms with Gasteiger partial charge in [-0.3, -0.25) is 0 Å². The van der Waals surface area contributed by atoms with Gasteiger partial charge in [0.1, 0.15) is 0 Å². The van der Waals surface area contributed by atoms with Crippen LogP contribution in [0.1, 0.15) is 44.9 Å². The molecule has 0 aromatic rings. The molecule has 2 fully saturated rings. The molecule has 0 aromatic heterocycles. The maximum absolute atomic E-state index is 11.7. The van der Waals surface area contributed by atoms with Crippen molar-refractivity contribution in [2.45, 2.75) is 68.4 Å². The van der Waals surface area contributed by atoms with Gasteiger partial charge in [0.15, 0.2) is 9.84 Å². The fourth-order valence-electron chi connectivity index (χ4n) is 3.21. The van der Waals surface area contributed by atoms with E-state index in [0.29, 0.717) is 0 Å². The van der Waals surface area contributed by atoms with Gasteiger partial charge in [0.25, 0.3) is 0 Å². The first-order valence-corrected chi connectivity index (χ1v) is 8.57. The minimum absolute atomic E-state index is 0.0442. The lowest BCUT2D eigenvalue weighted by atomic mass is 9.92. The molecule has 0 radical (unpaired) electrons. The zero-order valence-corrected chi connectivity index (χ0v) is 11.2. The molecular formula is C12H23NO3S. The maximum atomic E-state index is 11.7. The topological polar surface area (TPSA) is 66.4 Å². The molecule has 5 heteroatoms. The number of aliphatic hydroxyl groups excluding tert-OH is 1. The van der Waals surface area contributed by atoms with Crippen LogP contribution in [0.15, 0.2) is 0 Å². The lowest BCUT2D eigenvalue weighted by Crippen LogP contribution is -2.50. The van der Waals surface area contributed by atoms with E-state index in [9.17, 15) is 13.5 Å². The first-order chi connectivity index (χ1) is 7.98. The molecule has 100 valence electrons. The van der Waals surface area contributed by atoms with E-state index < -0.39 is 9.84 Å². The molecule has 0 heterocycles. The van der Waals surface area contributed by atoms with Gasteiger partial charge in [-0.15, -0.1) is 0 Å². The molecule has 0 aliphatic heterocycles.